The van der Waals surface area contributed by atoms with Crippen LogP contribution in [0.25, 0.3) is 10.9 Å². The Bertz CT molecular complexity index is 816. The summed E-state index contributed by atoms with van der Waals surface area (Å²) < 4.78 is 0. The zero-order valence-electron chi connectivity index (χ0n) is 11.2. The lowest BCUT2D eigenvalue weighted by Gasteiger charge is -2.07. The fourth-order valence-corrected chi connectivity index (χ4v) is 2.89. The maximum Gasteiger partial charge on any atom is 0.270 e. The smallest absolute Gasteiger partial charge is 0.270 e. The number of thiophene rings is 1. The molecule has 1 N–H and O–H groups in total. The Labute approximate surface area is 124 Å². The van der Waals surface area contributed by atoms with E-state index < -0.39 is 4.92 Å². The summed E-state index contributed by atoms with van der Waals surface area (Å²) in [5, 5.41) is 16.8. The number of non-ortho nitro benzene ring substituents is 1. The number of fused-ring (bicyclic) bond motifs is 1. The van der Waals surface area contributed by atoms with Gasteiger partial charge in [0.25, 0.3) is 5.69 Å². The molecule has 0 saturated carbocycles. The number of aryl methyl sites for hydroxylation is 1. The Morgan fingerprint density at radius 1 is 1.33 bits per heavy atom. The van der Waals surface area contributed by atoms with Crippen molar-refractivity contribution in [3.63, 3.8) is 0 Å². The first-order chi connectivity index (χ1) is 10.1. The Balaban J connectivity index is 1.95. The van der Waals surface area contributed by atoms with Gasteiger partial charge < -0.3 is 5.32 Å². The van der Waals surface area contributed by atoms with Gasteiger partial charge in [-0.05, 0) is 30.0 Å². The van der Waals surface area contributed by atoms with Crippen molar-refractivity contribution in [2.45, 2.75) is 13.5 Å². The Kier molecular flexibility index (Phi) is 3.49. The van der Waals surface area contributed by atoms with E-state index in [4.69, 9.17) is 0 Å². The number of benzene rings is 1. The zero-order valence-corrected chi connectivity index (χ0v) is 12.1. The monoisotopic (exact) mass is 300 g/mol. The highest BCUT2D eigenvalue weighted by Crippen LogP contribution is 2.25. The van der Waals surface area contributed by atoms with Crippen LogP contribution >= 0.6 is 11.3 Å². The Hall–Kier alpha value is -2.54. The summed E-state index contributed by atoms with van der Waals surface area (Å²) >= 11 is 1.67. The molecule has 21 heavy (non-hydrogen) atoms. The van der Waals surface area contributed by atoms with E-state index >= 15 is 0 Å². The summed E-state index contributed by atoms with van der Waals surface area (Å²) in [6.07, 6.45) is 1.46. The van der Waals surface area contributed by atoms with Crippen molar-refractivity contribution in [3.8, 4) is 0 Å². The van der Waals surface area contributed by atoms with E-state index in [0.717, 1.165) is 0 Å². The molecular weight excluding hydrogens is 288 g/mol. The van der Waals surface area contributed by atoms with Crippen LogP contribution in [0, 0.1) is 17.0 Å². The number of nitrogens with one attached hydrogen (secondary N) is 1. The van der Waals surface area contributed by atoms with Gasteiger partial charge in [-0.2, -0.15) is 0 Å². The van der Waals surface area contributed by atoms with E-state index in [2.05, 4.69) is 28.3 Å². The summed E-state index contributed by atoms with van der Waals surface area (Å²) in [6.45, 7) is 2.69. The van der Waals surface area contributed by atoms with Crippen LogP contribution in [0.2, 0.25) is 0 Å². The highest BCUT2D eigenvalue weighted by molar-refractivity contribution is 7.10. The van der Waals surface area contributed by atoms with Crippen molar-refractivity contribution in [2.24, 2.45) is 0 Å². The van der Waals surface area contributed by atoms with Gasteiger partial charge in [0.2, 0.25) is 0 Å². The largest absolute Gasteiger partial charge is 0.365 e. The quantitative estimate of drug-likeness (QED) is 0.589. The highest BCUT2D eigenvalue weighted by atomic mass is 32.1. The van der Waals surface area contributed by atoms with Gasteiger partial charge >= 0.3 is 0 Å². The van der Waals surface area contributed by atoms with Gasteiger partial charge in [-0.1, -0.05) is 0 Å². The molecule has 0 radical (unpaired) electrons. The Morgan fingerprint density at radius 2 is 2.19 bits per heavy atom. The molecule has 2 aromatic heterocycles. The minimum absolute atomic E-state index is 0.0349. The Morgan fingerprint density at radius 3 is 2.90 bits per heavy atom. The fourth-order valence-electron chi connectivity index (χ4n) is 2.05. The van der Waals surface area contributed by atoms with Crippen molar-refractivity contribution in [2.75, 3.05) is 5.32 Å². The molecule has 0 aliphatic rings. The topological polar surface area (TPSA) is 81.0 Å². The molecule has 0 aliphatic carbocycles. The molecule has 3 aromatic rings. The summed E-state index contributed by atoms with van der Waals surface area (Å²) in [4.78, 5) is 20.0. The van der Waals surface area contributed by atoms with Crippen LogP contribution in [0.15, 0.2) is 36.0 Å². The predicted molar refractivity (Wildman–Crippen MR) is 82.6 cm³/mol. The molecule has 7 heteroatoms. The minimum atomic E-state index is -0.417. The average Bonchev–Trinajstić information content (AvgIpc) is 2.89. The van der Waals surface area contributed by atoms with E-state index in [-0.39, 0.29) is 5.69 Å². The van der Waals surface area contributed by atoms with Crippen LogP contribution in [0.4, 0.5) is 11.5 Å². The molecule has 0 unspecified atom stereocenters. The number of nitro benzene ring substituents is 1. The van der Waals surface area contributed by atoms with E-state index in [9.17, 15) is 10.1 Å². The SMILES string of the molecule is Cc1ccsc1CNc1ncnc2ccc([N+](=O)[O-])cc12. The normalized spacial score (nSPS) is 10.7. The molecule has 0 bridgehead atoms. The van der Waals surface area contributed by atoms with E-state index in [1.165, 1.54) is 28.9 Å². The number of rotatable bonds is 4. The van der Waals surface area contributed by atoms with Gasteiger partial charge in [-0.3, -0.25) is 10.1 Å². The second-order valence-electron chi connectivity index (χ2n) is 4.56. The van der Waals surface area contributed by atoms with Gasteiger partial charge in [0, 0.05) is 22.4 Å². The van der Waals surface area contributed by atoms with Crippen molar-refractivity contribution >= 4 is 33.7 Å². The molecule has 0 fully saturated rings. The molecule has 6 nitrogen and oxygen atoms in total. The van der Waals surface area contributed by atoms with Crippen molar-refractivity contribution in [1.29, 1.82) is 0 Å². The van der Waals surface area contributed by atoms with Crippen molar-refractivity contribution in [3.05, 3.63) is 56.5 Å². The number of aromatic nitrogens is 2. The average molecular weight is 300 g/mol. The van der Waals surface area contributed by atoms with Gasteiger partial charge in [0.05, 0.1) is 17.0 Å². The molecule has 0 spiro atoms. The van der Waals surface area contributed by atoms with Gasteiger partial charge in [-0.25, -0.2) is 9.97 Å². The van der Waals surface area contributed by atoms with Gasteiger partial charge in [-0.15, -0.1) is 11.3 Å². The molecule has 0 amide bonds. The third kappa shape index (κ3) is 2.68. The number of hydrogen-bond acceptors (Lipinski definition) is 6. The molecule has 2 heterocycles. The molecular formula is C14H12N4O2S. The molecule has 0 saturated heterocycles. The first-order valence-corrected chi connectivity index (χ1v) is 7.19. The first kappa shape index (κ1) is 13.4. The third-order valence-electron chi connectivity index (χ3n) is 3.21. The van der Waals surface area contributed by atoms with Crippen LogP contribution in [0.1, 0.15) is 10.4 Å². The van der Waals surface area contributed by atoms with Crippen molar-refractivity contribution < 1.29 is 4.92 Å². The summed E-state index contributed by atoms with van der Waals surface area (Å²) in [5.41, 5.74) is 1.94. The molecule has 0 atom stereocenters. The van der Waals surface area contributed by atoms with Crippen LogP contribution in [-0.2, 0) is 6.54 Å². The number of anilines is 1. The summed E-state index contributed by atoms with van der Waals surface area (Å²) in [6, 6.07) is 6.64. The highest BCUT2D eigenvalue weighted by Gasteiger charge is 2.11. The van der Waals surface area contributed by atoms with Gasteiger partial charge in [0.1, 0.15) is 12.1 Å². The van der Waals surface area contributed by atoms with E-state index in [0.29, 0.717) is 23.3 Å². The number of hydrogen-bond donors (Lipinski definition) is 1. The van der Waals surface area contributed by atoms with Crippen LogP contribution in [0.5, 0.6) is 0 Å². The van der Waals surface area contributed by atoms with Crippen molar-refractivity contribution in [1.82, 2.24) is 9.97 Å². The maximum absolute atomic E-state index is 10.9. The third-order valence-corrected chi connectivity index (χ3v) is 4.24. The predicted octanol–water partition coefficient (Wildman–Crippen LogP) is 3.52. The lowest BCUT2D eigenvalue weighted by atomic mass is 10.2. The second kappa shape index (κ2) is 5.45. The minimum Gasteiger partial charge on any atom is -0.365 e. The maximum atomic E-state index is 10.9. The fraction of sp³-hybridized carbons (Fsp3) is 0.143. The second-order valence-corrected chi connectivity index (χ2v) is 5.56. The van der Waals surface area contributed by atoms with Crippen LogP contribution in [0.3, 0.4) is 0 Å². The number of nitro groups is 1. The van der Waals surface area contributed by atoms with Gasteiger partial charge in [0.15, 0.2) is 0 Å². The van der Waals surface area contributed by atoms with E-state index in [1.54, 1.807) is 17.4 Å². The molecule has 106 valence electrons. The molecule has 1 aromatic carbocycles. The van der Waals surface area contributed by atoms with Crippen LogP contribution < -0.4 is 5.32 Å². The first-order valence-electron chi connectivity index (χ1n) is 6.31. The lowest BCUT2D eigenvalue weighted by molar-refractivity contribution is -0.384. The summed E-state index contributed by atoms with van der Waals surface area (Å²) in [7, 11) is 0. The summed E-state index contributed by atoms with van der Waals surface area (Å²) in [5.74, 6) is 0.608. The number of nitrogens with zero attached hydrogens (tertiary/aromatic N) is 3. The molecule has 0 aliphatic heterocycles. The van der Waals surface area contributed by atoms with E-state index in [1.807, 2.05) is 5.38 Å². The molecule has 3 rings (SSSR count). The standard InChI is InChI=1S/C14H12N4O2S/c1-9-4-5-21-13(9)7-15-14-11-6-10(18(19)20)2-3-12(11)16-8-17-14/h2-6,8H,7H2,1H3,(H,15,16,17). The van der Waals surface area contributed by atoms with Crippen LogP contribution in [-0.4, -0.2) is 14.9 Å². The lowest BCUT2D eigenvalue weighted by Crippen LogP contribution is -2.02. The zero-order chi connectivity index (χ0) is 14.8.